The molecule has 0 saturated carbocycles. The zero-order valence-corrected chi connectivity index (χ0v) is 28.9. The van der Waals surface area contributed by atoms with Gasteiger partial charge in [-0.05, 0) is 66.6 Å². The second kappa shape index (κ2) is 13.5. The van der Waals surface area contributed by atoms with Crippen LogP contribution in [0, 0.1) is 19.3 Å². The van der Waals surface area contributed by atoms with E-state index in [9.17, 15) is 13.2 Å². The third-order valence-electron chi connectivity index (χ3n) is 8.53. The highest BCUT2D eigenvalue weighted by Gasteiger charge is 2.31. The monoisotopic (exact) mass is 670 g/mol. The lowest BCUT2D eigenvalue weighted by molar-refractivity contribution is 0.0513. The Morgan fingerprint density at radius 2 is 1.69 bits per heavy atom. The van der Waals surface area contributed by atoms with Crippen LogP contribution in [0.5, 0.6) is 5.88 Å². The van der Waals surface area contributed by atoms with Gasteiger partial charge in [0, 0.05) is 43.0 Å². The van der Waals surface area contributed by atoms with Gasteiger partial charge in [-0.1, -0.05) is 51.1 Å². The van der Waals surface area contributed by atoms with Crippen LogP contribution in [0.25, 0.3) is 11.3 Å². The molecular formula is C36H42N6O5S. The predicted octanol–water partition coefficient (Wildman–Crippen LogP) is 5.63. The second-order valence-corrected chi connectivity index (χ2v) is 15.3. The van der Waals surface area contributed by atoms with Crippen molar-refractivity contribution in [3.8, 4) is 17.1 Å². The highest BCUT2D eigenvalue weighted by molar-refractivity contribution is 7.92. The van der Waals surface area contributed by atoms with Crippen molar-refractivity contribution >= 4 is 27.7 Å². The van der Waals surface area contributed by atoms with E-state index < -0.39 is 16.1 Å². The first-order valence-corrected chi connectivity index (χ1v) is 17.6. The fraction of sp³-hybridized carbons (Fsp3) is 0.389. The maximum Gasteiger partial charge on any atom is 0.264 e. The molecule has 0 aliphatic carbocycles. The summed E-state index contributed by atoms with van der Waals surface area (Å²) in [5.41, 5.74) is 4.28. The molecule has 4 aromatic rings. The molecule has 2 aliphatic rings. The molecule has 2 aromatic carbocycles. The molecule has 2 aromatic heterocycles. The number of amides is 1. The molecule has 0 spiro atoms. The Bertz CT molecular complexity index is 1880. The zero-order valence-electron chi connectivity index (χ0n) is 28.1. The van der Waals surface area contributed by atoms with Crippen LogP contribution in [0.3, 0.4) is 0 Å². The number of sulfonamides is 1. The predicted molar refractivity (Wildman–Crippen MR) is 185 cm³/mol. The van der Waals surface area contributed by atoms with Gasteiger partial charge in [-0.2, -0.15) is 4.98 Å². The molecule has 0 radical (unpaired) electrons. The van der Waals surface area contributed by atoms with Crippen LogP contribution in [0.1, 0.15) is 54.2 Å². The number of ether oxygens (including phenoxy) is 2. The minimum atomic E-state index is -4.16. The van der Waals surface area contributed by atoms with Gasteiger partial charge in [0.05, 0.1) is 29.8 Å². The number of carbonyl (C=O) groups excluding carboxylic acids is 1. The van der Waals surface area contributed by atoms with E-state index in [0.717, 1.165) is 41.2 Å². The summed E-state index contributed by atoms with van der Waals surface area (Å²) in [6, 6.07) is 17.3. The first-order valence-electron chi connectivity index (χ1n) is 16.2. The Labute approximate surface area is 282 Å². The second-order valence-electron chi connectivity index (χ2n) is 13.6. The van der Waals surface area contributed by atoms with Crippen LogP contribution in [0.4, 0.5) is 11.8 Å². The Morgan fingerprint density at radius 1 is 0.958 bits per heavy atom. The van der Waals surface area contributed by atoms with E-state index in [1.54, 1.807) is 29.3 Å². The molecule has 1 atom stereocenters. The number of pyridine rings is 1. The van der Waals surface area contributed by atoms with Crippen LogP contribution < -0.4 is 14.4 Å². The number of fused-ring (bicyclic) bond motifs is 4. The van der Waals surface area contributed by atoms with Crippen molar-refractivity contribution in [1.82, 2.24) is 19.9 Å². The summed E-state index contributed by atoms with van der Waals surface area (Å²) in [5, 5.41) is 0. The zero-order chi connectivity index (χ0) is 34.1. The number of nitrogens with one attached hydrogen (secondary N) is 1. The largest absolute Gasteiger partial charge is 0.475 e. The van der Waals surface area contributed by atoms with Crippen LogP contribution in [0.15, 0.2) is 71.8 Å². The number of hydrogen-bond acceptors (Lipinski definition) is 9. The van der Waals surface area contributed by atoms with Gasteiger partial charge in [0.25, 0.3) is 15.9 Å². The molecule has 12 heteroatoms. The lowest BCUT2D eigenvalue weighted by Gasteiger charge is -2.36. The molecule has 1 saturated heterocycles. The minimum absolute atomic E-state index is 0.0695. The number of nitrogens with zero attached hydrogens (tertiary/aromatic N) is 5. The number of rotatable bonds is 5. The van der Waals surface area contributed by atoms with E-state index >= 15 is 0 Å². The summed E-state index contributed by atoms with van der Waals surface area (Å²) in [6.45, 7) is 13.5. The van der Waals surface area contributed by atoms with Crippen molar-refractivity contribution < 1.29 is 22.7 Å². The summed E-state index contributed by atoms with van der Waals surface area (Å²) in [7, 11) is -4.16. The van der Waals surface area contributed by atoms with Gasteiger partial charge in [0.1, 0.15) is 12.4 Å². The summed E-state index contributed by atoms with van der Waals surface area (Å²) >= 11 is 0. The highest BCUT2D eigenvalue weighted by Crippen LogP contribution is 2.32. The van der Waals surface area contributed by atoms with Gasteiger partial charge >= 0.3 is 0 Å². The van der Waals surface area contributed by atoms with Gasteiger partial charge in [-0.25, -0.2) is 23.1 Å². The summed E-state index contributed by atoms with van der Waals surface area (Å²) < 4.78 is 41.7. The summed E-state index contributed by atoms with van der Waals surface area (Å²) in [5.74, 6) is 0.638. The maximum absolute atomic E-state index is 14.4. The SMILES string of the molecule is Cc1cccc(C)c1-c1cc2nc(n1)NS(=O)(=O)c1cccc(c1)C(=O)N(Cc1ccc(N3CCOCC3)nc1)C(CC(C)(C)C)CO2. The highest BCUT2D eigenvalue weighted by atomic mass is 32.2. The Balaban J connectivity index is 1.43. The van der Waals surface area contributed by atoms with Gasteiger partial charge < -0.3 is 19.3 Å². The van der Waals surface area contributed by atoms with E-state index in [2.05, 4.69) is 40.4 Å². The third-order valence-corrected chi connectivity index (χ3v) is 9.85. The number of morpholine rings is 1. The van der Waals surface area contributed by atoms with E-state index in [-0.39, 0.29) is 46.8 Å². The third kappa shape index (κ3) is 7.60. The van der Waals surface area contributed by atoms with Gasteiger partial charge in [-0.3, -0.25) is 4.79 Å². The van der Waals surface area contributed by atoms with E-state index in [0.29, 0.717) is 25.3 Å². The number of benzene rings is 2. The minimum Gasteiger partial charge on any atom is -0.475 e. The van der Waals surface area contributed by atoms with Crippen LogP contribution >= 0.6 is 0 Å². The molecular weight excluding hydrogens is 629 g/mol. The number of aromatic nitrogens is 3. The van der Waals surface area contributed by atoms with Crippen LogP contribution in [-0.2, 0) is 21.3 Å². The van der Waals surface area contributed by atoms with Crippen molar-refractivity contribution in [2.45, 2.75) is 58.5 Å². The first-order chi connectivity index (χ1) is 22.9. The number of anilines is 2. The lowest BCUT2D eigenvalue weighted by Crippen LogP contribution is -2.45. The van der Waals surface area contributed by atoms with Crippen molar-refractivity contribution in [2.24, 2.45) is 5.41 Å². The van der Waals surface area contributed by atoms with Crippen LogP contribution in [0.2, 0.25) is 0 Å². The van der Waals surface area contributed by atoms with Crippen molar-refractivity contribution in [2.75, 3.05) is 42.5 Å². The van der Waals surface area contributed by atoms with Crippen LogP contribution in [-0.4, -0.2) is 73.1 Å². The van der Waals surface area contributed by atoms with Gasteiger partial charge in [-0.15, -0.1) is 0 Å². The summed E-state index contributed by atoms with van der Waals surface area (Å²) in [6.07, 6.45) is 2.41. The fourth-order valence-electron chi connectivity index (χ4n) is 6.23. The normalized spacial score (nSPS) is 18.2. The molecule has 2 aliphatic heterocycles. The van der Waals surface area contributed by atoms with Crippen molar-refractivity contribution in [1.29, 1.82) is 0 Å². The molecule has 4 bridgehead atoms. The van der Waals surface area contributed by atoms with E-state index in [1.807, 2.05) is 44.2 Å². The van der Waals surface area contributed by atoms with Gasteiger partial charge in [0.2, 0.25) is 11.8 Å². The standard InChI is InChI=1S/C36H42N6O5S/c1-24-8-6-9-25(2)33(24)30-19-32-39-35(38-30)40-48(44,45)29-11-7-10-27(18-29)34(43)42(28(23-47-32)20-36(3,4)5)22-26-12-13-31(37-21-26)41-14-16-46-17-15-41/h6-13,18-19,21,28H,14-17,20,22-23H2,1-5H3,(H,38,39,40). The molecule has 1 fully saturated rings. The van der Waals surface area contributed by atoms with Crippen molar-refractivity contribution in [3.63, 3.8) is 0 Å². The molecule has 1 unspecified atom stereocenters. The quantitative estimate of drug-likeness (QED) is 0.287. The number of carbonyl (C=O) groups is 1. The molecule has 6 rings (SSSR count). The number of hydrogen-bond donors (Lipinski definition) is 1. The fourth-order valence-corrected chi connectivity index (χ4v) is 7.22. The number of aryl methyl sites for hydroxylation is 2. The molecule has 1 N–H and O–H groups in total. The molecule has 252 valence electrons. The van der Waals surface area contributed by atoms with E-state index in [1.165, 1.54) is 12.1 Å². The molecule has 11 nitrogen and oxygen atoms in total. The molecule has 4 heterocycles. The first kappa shape index (κ1) is 33.4. The van der Waals surface area contributed by atoms with E-state index in [4.69, 9.17) is 14.5 Å². The average molecular weight is 671 g/mol. The average Bonchev–Trinajstić information content (AvgIpc) is 3.05. The molecule has 48 heavy (non-hydrogen) atoms. The smallest absolute Gasteiger partial charge is 0.264 e. The van der Waals surface area contributed by atoms with Crippen molar-refractivity contribution in [3.05, 3.63) is 89.1 Å². The van der Waals surface area contributed by atoms with Gasteiger partial charge in [0.15, 0.2) is 0 Å². The Hall–Kier alpha value is -4.55. The Morgan fingerprint density at radius 3 is 2.38 bits per heavy atom. The molecule has 1 amide bonds. The summed E-state index contributed by atoms with van der Waals surface area (Å²) in [4.78, 5) is 32.1. The lowest BCUT2D eigenvalue weighted by atomic mass is 9.87. The Kier molecular flexibility index (Phi) is 9.39. The topological polar surface area (TPSA) is 127 Å². The maximum atomic E-state index is 14.4.